The summed E-state index contributed by atoms with van der Waals surface area (Å²) in [7, 11) is 0. The number of ether oxygens (including phenoxy) is 1. The fraction of sp³-hybridized carbons (Fsp3) is 0.476. The highest BCUT2D eigenvalue weighted by Gasteiger charge is 2.23. The van der Waals surface area contributed by atoms with Gasteiger partial charge < -0.3 is 20.7 Å². The highest BCUT2D eigenvalue weighted by atomic mass is 16.6. The molecule has 0 radical (unpaired) electrons. The third-order valence-corrected chi connectivity index (χ3v) is 4.12. The van der Waals surface area contributed by atoms with Gasteiger partial charge in [-0.1, -0.05) is 23.8 Å². The summed E-state index contributed by atoms with van der Waals surface area (Å²) in [6, 6.07) is 7.20. The number of nitrogens with one attached hydrogen (secondary N) is 3. The van der Waals surface area contributed by atoms with Crippen LogP contribution in [0.3, 0.4) is 0 Å². The van der Waals surface area contributed by atoms with Crippen molar-refractivity contribution in [1.29, 1.82) is 0 Å². The molecule has 7 nitrogen and oxygen atoms in total. The molecule has 2 rings (SSSR count). The molecule has 1 aliphatic rings. The van der Waals surface area contributed by atoms with Gasteiger partial charge in [0.1, 0.15) is 12.1 Å². The van der Waals surface area contributed by atoms with E-state index in [1.165, 1.54) is 0 Å². The molecule has 0 saturated heterocycles. The number of hydrogen-bond donors (Lipinski definition) is 3. The molecule has 7 heteroatoms. The zero-order chi connectivity index (χ0) is 20.7. The predicted octanol–water partition coefficient (Wildman–Crippen LogP) is 3.12. The Kier molecular flexibility index (Phi) is 7.20. The predicted molar refractivity (Wildman–Crippen MR) is 108 cm³/mol. The number of allylic oxidation sites excluding steroid dienone is 1. The van der Waals surface area contributed by atoms with Gasteiger partial charge in [-0.3, -0.25) is 9.59 Å². The SMILES string of the molecule is C/C(=C\C(=O)NCc1ccccc1NC(=O)CNC(=O)OC(C)(C)C)C1CC1. The lowest BCUT2D eigenvalue weighted by atomic mass is 10.1. The summed E-state index contributed by atoms with van der Waals surface area (Å²) >= 11 is 0. The maximum Gasteiger partial charge on any atom is 0.408 e. The molecule has 152 valence electrons. The van der Waals surface area contributed by atoms with Crippen molar-refractivity contribution < 1.29 is 19.1 Å². The highest BCUT2D eigenvalue weighted by molar-refractivity contribution is 5.94. The van der Waals surface area contributed by atoms with Crippen molar-refractivity contribution in [3.05, 3.63) is 41.5 Å². The number of alkyl carbamates (subject to hydrolysis) is 1. The number of amides is 3. The second kappa shape index (κ2) is 9.39. The molecule has 0 bridgehead atoms. The van der Waals surface area contributed by atoms with E-state index in [4.69, 9.17) is 4.74 Å². The van der Waals surface area contributed by atoms with Crippen LogP contribution in [0.15, 0.2) is 35.9 Å². The van der Waals surface area contributed by atoms with Gasteiger partial charge in [-0.25, -0.2) is 4.79 Å². The fourth-order valence-electron chi connectivity index (χ4n) is 2.55. The molecule has 28 heavy (non-hydrogen) atoms. The van der Waals surface area contributed by atoms with Gasteiger partial charge in [0.05, 0.1) is 0 Å². The Labute approximate surface area is 165 Å². The maximum absolute atomic E-state index is 12.1. The maximum atomic E-state index is 12.1. The Morgan fingerprint density at radius 2 is 1.82 bits per heavy atom. The lowest BCUT2D eigenvalue weighted by molar-refractivity contribution is -0.117. The molecule has 0 aromatic heterocycles. The van der Waals surface area contributed by atoms with E-state index in [0.29, 0.717) is 18.2 Å². The Balaban J connectivity index is 1.85. The molecular formula is C21H29N3O4. The van der Waals surface area contributed by atoms with Gasteiger partial charge in [-0.15, -0.1) is 0 Å². The number of rotatable bonds is 7. The van der Waals surface area contributed by atoms with Crippen molar-refractivity contribution in [2.45, 2.75) is 52.7 Å². The molecule has 0 unspecified atom stereocenters. The van der Waals surface area contributed by atoms with E-state index in [0.717, 1.165) is 24.0 Å². The summed E-state index contributed by atoms with van der Waals surface area (Å²) in [6.45, 7) is 7.31. The smallest absolute Gasteiger partial charge is 0.408 e. The summed E-state index contributed by atoms with van der Waals surface area (Å²) in [5, 5.41) is 8.01. The van der Waals surface area contributed by atoms with Crippen LogP contribution in [0.4, 0.5) is 10.5 Å². The number of anilines is 1. The lowest BCUT2D eigenvalue weighted by Gasteiger charge is -2.19. The van der Waals surface area contributed by atoms with Crippen molar-refractivity contribution >= 4 is 23.6 Å². The first-order valence-electron chi connectivity index (χ1n) is 9.44. The number of carbonyl (C=O) groups is 3. The van der Waals surface area contributed by atoms with Crippen LogP contribution < -0.4 is 16.0 Å². The van der Waals surface area contributed by atoms with E-state index in [1.54, 1.807) is 39.0 Å². The minimum Gasteiger partial charge on any atom is -0.444 e. The van der Waals surface area contributed by atoms with Gasteiger partial charge in [0, 0.05) is 18.3 Å². The van der Waals surface area contributed by atoms with E-state index in [2.05, 4.69) is 16.0 Å². The molecule has 1 aliphatic carbocycles. The van der Waals surface area contributed by atoms with Crippen molar-refractivity contribution in [3.63, 3.8) is 0 Å². The summed E-state index contributed by atoms with van der Waals surface area (Å²) < 4.78 is 5.10. The Morgan fingerprint density at radius 1 is 1.14 bits per heavy atom. The van der Waals surface area contributed by atoms with Crippen molar-refractivity contribution in [3.8, 4) is 0 Å². The first-order chi connectivity index (χ1) is 13.1. The Hall–Kier alpha value is -2.83. The van der Waals surface area contributed by atoms with Crippen LogP contribution in [0.5, 0.6) is 0 Å². The second-order valence-electron chi connectivity index (χ2n) is 7.94. The number of carbonyl (C=O) groups excluding carboxylic acids is 3. The van der Waals surface area contributed by atoms with Crippen molar-refractivity contribution in [1.82, 2.24) is 10.6 Å². The van der Waals surface area contributed by atoms with Gasteiger partial charge >= 0.3 is 6.09 Å². The van der Waals surface area contributed by atoms with E-state index in [1.807, 2.05) is 19.1 Å². The van der Waals surface area contributed by atoms with E-state index in [-0.39, 0.29) is 18.4 Å². The van der Waals surface area contributed by atoms with Crippen LogP contribution >= 0.6 is 0 Å². The molecule has 0 heterocycles. The van der Waals surface area contributed by atoms with Gasteiger partial charge in [0.15, 0.2) is 0 Å². The molecule has 0 spiro atoms. The zero-order valence-corrected chi connectivity index (χ0v) is 16.9. The summed E-state index contributed by atoms with van der Waals surface area (Å²) in [5.74, 6) is 0.0287. The molecule has 3 N–H and O–H groups in total. The van der Waals surface area contributed by atoms with Crippen molar-refractivity contribution in [2.24, 2.45) is 5.92 Å². The quantitative estimate of drug-likeness (QED) is 0.626. The van der Waals surface area contributed by atoms with Gasteiger partial charge in [0.25, 0.3) is 0 Å². The first kappa shape index (κ1) is 21.5. The summed E-state index contributed by atoms with van der Waals surface area (Å²) in [5.41, 5.74) is 1.84. The van der Waals surface area contributed by atoms with Crippen LogP contribution in [0.2, 0.25) is 0 Å². The third-order valence-electron chi connectivity index (χ3n) is 4.12. The fourth-order valence-corrected chi connectivity index (χ4v) is 2.55. The van der Waals surface area contributed by atoms with Gasteiger partial charge in [-0.2, -0.15) is 0 Å². The number of para-hydroxylation sites is 1. The van der Waals surface area contributed by atoms with Crippen LogP contribution in [-0.2, 0) is 20.9 Å². The minimum absolute atomic E-state index is 0.142. The Morgan fingerprint density at radius 3 is 2.46 bits per heavy atom. The Bertz CT molecular complexity index is 761. The van der Waals surface area contributed by atoms with E-state index in [9.17, 15) is 14.4 Å². The minimum atomic E-state index is -0.652. The zero-order valence-electron chi connectivity index (χ0n) is 16.9. The highest BCUT2D eigenvalue weighted by Crippen LogP contribution is 2.35. The van der Waals surface area contributed by atoms with Crippen LogP contribution in [0, 0.1) is 5.92 Å². The third kappa shape index (κ3) is 7.82. The first-order valence-corrected chi connectivity index (χ1v) is 9.44. The average Bonchev–Trinajstić information content (AvgIpc) is 3.43. The number of benzene rings is 1. The summed E-state index contributed by atoms with van der Waals surface area (Å²) in [6.07, 6.45) is 3.30. The molecular weight excluding hydrogens is 358 g/mol. The van der Waals surface area contributed by atoms with Crippen LogP contribution in [-0.4, -0.2) is 30.1 Å². The summed E-state index contributed by atoms with van der Waals surface area (Å²) in [4.78, 5) is 35.8. The molecule has 3 amide bonds. The monoisotopic (exact) mass is 387 g/mol. The molecule has 1 fully saturated rings. The lowest BCUT2D eigenvalue weighted by Crippen LogP contribution is -2.37. The molecule has 1 aromatic rings. The standard InChI is InChI=1S/C21H29N3O4/c1-14(15-9-10-15)11-18(25)22-12-16-7-5-6-8-17(16)24-19(26)13-23-20(27)28-21(2,3)4/h5-8,11,15H,9-10,12-13H2,1-4H3,(H,22,25)(H,23,27)(H,24,26)/b14-11+. The number of hydrogen-bond acceptors (Lipinski definition) is 4. The van der Waals surface area contributed by atoms with Crippen LogP contribution in [0.25, 0.3) is 0 Å². The van der Waals surface area contributed by atoms with Gasteiger partial charge in [0.2, 0.25) is 11.8 Å². The normalized spacial score (nSPS) is 14.2. The molecule has 0 atom stereocenters. The topological polar surface area (TPSA) is 96.5 Å². The van der Waals surface area contributed by atoms with E-state index < -0.39 is 11.7 Å². The molecule has 1 saturated carbocycles. The molecule has 1 aromatic carbocycles. The second-order valence-corrected chi connectivity index (χ2v) is 7.94. The van der Waals surface area contributed by atoms with E-state index >= 15 is 0 Å². The van der Waals surface area contributed by atoms with Crippen LogP contribution in [0.1, 0.15) is 46.1 Å². The largest absolute Gasteiger partial charge is 0.444 e. The molecule has 0 aliphatic heterocycles. The average molecular weight is 387 g/mol. The van der Waals surface area contributed by atoms with Gasteiger partial charge in [-0.05, 0) is 58.1 Å². The van der Waals surface area contributed by atoms with Crippen molar-refractivity contribution in [2.75, 3.05) is 11.9 Å².